The lowest BCUT2D eigenvalue weighted by molar-refractivity contribution is -0.216. The van der Waals surface area contributed by atoms with E-state index in [1.165, 1.54) is 38.5 Å². The molecule has 1 aliphatic carbocycles. The molecule has 1 fully saturated rings. The molecule has 0 amide bonds. The van der Waals surface area contributed by atoms with Crippen LogP contribution >= 0.6 is 15.6 Å². The van der Waals surface area contributed by atoms with Gasteiger partial charge in [0.2, 0.25) is 0 Å². The second-order valence-corrected chi connectivity index (χ2v) is 19.2. The van der Waals surface area contributed by atoms with Gasteiger partial charge in [0, 0.05) is 12.8 Å². The molecular formula is C47H82O17P2. The molecule has 0 aliphatic heterocycles. The third kappa shape index (κ3) is 31.7. The Kier molecular flexibility index (Phi) is 35.1. The molecule has 0 spiro atoms. The number of esters is 2. The highest BCUT2D eigenvalue weighted by atomic mass is 31.2. The number of carbonyl (C=O) groups excluding carboxylic acids is 2. The molecule has 1 aliphatic rings. The van der Waals surface area contributed by atoms with Gasteiger partial charge in [-0.2, -0.15) is 0 Å². The molecular weight excluding hydrogens is 898 g/mol. The number of unbranched alkanes of at least 4 members (excludes halogenated alkanes) is 12. The van der Waals surface area contributed by atoms with E-state index in [4.69, 9.17) is 18.5 Å². The fourth-order valence-electron chi connectivity index (χ4n) is 6.91. The van der Waals surface area contributed by atoms with Gasteiger partial charge in [-0.3, -0.25) is 23.2 Å². The van der Waals surface area contributed by atoms with Crippen molar-refractivity contribution in [3.05, 3.63) is 60.8 Å². The molecule has 19 heteroatoms. The number of rotatable bonds is 39. The van der Waals surface area contributed by atoms with Crippen LogP contribution in [0.2, 0.25) is 0 Å². The quantitative estimate of drug-likeness (QED) is 0.0125. The predicted molar refractivity (Wildman–Crippen MR) is 252 cm³/mol. The summed E-state index contributed by atoms with van der Waals surface area (Å²) in [6.45, 7) is 2.85. The van der Waals surface area contributed by atoms with Crippen molar-refractivity contribution < 1.29 is 82.0 Å². The van der Waals surface area contributed by atoms with Gasteiger partial charge < -0.3 is 49.7 Å². The number of allylic oxidation sites excluding steroid dienone is 9. The van der Waals surface area contributed by atoms with Gasteiger partial charge in [-0.15, -0.1) is 0 Å². The van der Waals surface area contributed by atoms with E-state index >= 15 is 0 Å². The van der Waals surface area contributed by atoms with Crippen LogP contribution in [0.3, 0.4) is 0 Å². The zero-order valence-electron chi connectivity index (χ0n) is 39.2. The van der Waals surface area contributed by atoms with E-state index in [-0.39, 0.29) is 18.9 Å². The molecule has 9 atom stereocenters. The van der Waals surface area contributed by atoms with E-state index < -0.39 is 83.5 Å². The fraction of sp³-hybridized carbons (Fsp3) is 0.745. The maximum absolute atomic E-state index is 13.0. The maximum atomic E-state index is 13.0. The summed E-state index contributed by atoms with van der Waals surface area (Å²) >= 11 is 0. The van der Waals surface area contributed by atoms with Crippen molar-refractivity contribution in [2.45, 2.75) is 210 Å². The normalized spacial score (nSPS) is 22.5. The Bertz CT molecular complexity index is 1530. The molecule has 0 saturated heterocycles. The first-order chi connectivity index (χ1) is 31.5. The van der Waals surface area contributed by atoms with Crippen LogP contribution in [-0.4, -0.2) is 114 Å². The Hall–Kier alpha value is -2.34. The minimum Gasteiger partial charge on any atom is -0.462 e. The van der Waals surface area contributed by atoms with Crippen LogP contribution in [0.25, 0.3) is 0 Å². The number of carbonyl (C=O) groups is 2. The van der Waals surface area contributed by atoms with Crippen LogP contribution in [0, 0.1) is 0 Å². The van der Waals surface area contributed by atoms with E-state index in [1.54, 1.807) is 0 Å². The molecule has 0 heterocycles. The van der Waals surface area contributed by atoms with Gasteiger partial charge in [0.1, 0.15) is 43.2 Å². The van der Waals surface area contributed by atoms with Crippen molar-refractivity contribution in [3.8, 4) is 0 Å². The van der Waals surface area contributed by atoms with E-state index in [2.05, 4.69) is 35.8 Å². The highest BCUT2D eigenvalue weighted by Gasteiger charge is 2.54. The second-order valence-electron chi connectivity index (χ2n) is 16.6. The molecule has 0 aromatic carbocycles. The van der Waals surface area contributed by atoms with Gasteiger partial charge in [-0.1, -0.05) is 132 Å². The molecule has 0 bridgehead atoms. The summed E-state index contributed by atoms with van der Waals surface area (Å²) in [6.07, 6.45) is 25.3. The molecule has 382 valence electrons. The Balaban J connectivity index is 2.65. The van der Waals surface area contributed by atoms with Gasteiger partial charge in [-0.05, 0) is 77.0 Å². The molecule has 0 radical (unpaired) electrons. The SMILES string of the molecule is CCCCCCCC/C=C\CCCCCCCC(=O)OC[C@H](COP(=O)(O)O[C@H]1C(O)C(O)C(O)[C@@H](OP(=O)(O)O)C1O)OC(=O)CCC/C=C\C/C=C\C/C=C\C/C=C\CC(O)CCC. The summed E-state index contributed by atoms with van der Waals surface area (Å²) in [5, 5.41) is 51.0. The number of aliphatic hydroxyl groups excluding tert-OH is 5. The molecule has 0 aromatic rings. The van der Waals surface area contributed by atoms with Crippen LogP contribution < -0.4 is 0 Å². The lowest BCUT2D eigenvalue weighted by Gasteiger charge is -2.43. The van der Waals surface area contributed by atoms with Gasteiger partial charge >= 0.3 is 27.6 Å². The number of aliphatic hydroxyl groups is 5. The third-order valence-electron chi connectivity index (χ3n) is 10.6. The van der Waals surface area contributed by atoms with Crippen molar-refractivity contribution in [2.24, 2.45) is 0 Å². The average Bonchev–Trinajstić information content (AvgIpc) is 3.26. The monoisotopic (exact) mass is 981 g/mol. The van der Waals surface area contributed by atoms with E-state index in [0.717, 1.165) is 64.2 Å². The number of hydrogen-bond acceptors (Lipinski definition) is 14. The fourth-order valence-corrected chi connectivity index (χ4v) is 8.45. The minimum absolute atomic E-state index is 0.0503. The smallest absolute Gasteiger partial charge is 0.462 e. The zero-order chi connectivity index (χ0) is 49.1. The summed E-state index contributed by atoms with van der Waals surface area (Å²) < 4.78 is 49.3. The van der Waals surface area contributed by atoms with Crippen molar-refractivity contribution >= 4 is 27.6 Å². The maximum Gasteiger partial charge on any atom is 0.472 e. The third-order valence-corrected chi connectivity index (χ3v) is 12.1. The summed E-state index contributed by atoms with van der Waals surface area (Å²) in [6, 6.07) is 0. The first-order valence-electron chi connectivity index (χ1n) is 23.9. The summed E-state index contributed by atoms with van der Waals surface area (Å²) in [7, 11) is -10.7. The number of phosphoric acid groups is 2. The lowest BCUT2D eigenvalue weighted by Crippen LogP contribution is -2.64. The Morgan fingerprint density at radius 2 is 1.03 bits per heavy atom. The molecule has 8 N–H and O–H groups in total. The summed E-state index contributed by atoms with van der Waals surface area (Å²) in [5.74, 6) is -1.30. The molecule has 1 rings (SSSR count). The number of hydrogen-bond donors (Lipinski definition) is 8. The zero-order valence-corrected chi connectivity index (χ0v) is 41.0. The van der Waals surface area contributed by atoms with Crippen LogP contribution in [0.15, 0.2) is 60.8 Å². The van der Waals surface area contributed by atoms with Crippen molar-refractivity contribution in [1.29, 1.82) is 0 Å². The van der Waals surface area contributed by atoms with Gasteiger partial charge in [0.15, 0.2) is 6.10 Å². The topological polar surface area (TPSA) is 276 Å². The first-order valence-corrected chi connectivity index (χ1v) is 26.9. The highest BCUT2D eigenvalue weighted by molar-refractivity contribution is 7.47. The lowest BCUT2D eigenvalue weighted by atomic mass is 9.85. The Morgan fingerprint density at radius 3 is 1.61 bits per heavy atom. The molecule has 66 heavy (non-hydrogen) atoms. The highest BCUT2D eigenvalue weighted by Crippen LogP contribution is 2.49. The molecule has 17 nitrogen and oxygen atoms in total. The minimum atomic E-state index is -5.38. The standard InChI is InChI=1S/C47H82O17P2/c1-3-5-6-7-8-9-10-11-12-15-18-21-24-27-30-34-40(49)60-36-39(37-61-66(58,59)64-47-44(53)42(51)43(52)46(45(47)54)63-65(55,56)57)62-41(50)35-31-28-25-22-19-16-13-14-17-20-23-26-29-33-38(48)32-4-2/h11-13,16-17,20,22,25-26,29,38-39,42-48,51-54H,3-10,14-15,18-19,21,23-24,27-28,30-37H2,1-2H3,(H,58,59)(H2,55,56,57)/b12-11-,16-13-,20-17-,25-22-,29-26-/t38?,39-,42?,43?,44?,45?,46-,47+/m1/s1. The summed E-state index contributed by atoms with van der Waals surface area (Å²) in [5.41, 5.74) is 0. The second kappa shape index (κ2) is 37.5. The Labute approximate surface area is 392 Å². The van der Waals surface area contributed by atoms with Gasteiger partial charge in [0.25, 0.3) is 0 Å². The average molecular weight is 981 g/mol. The van der Waals surface area contributed by atoms with Crippen molar-refractivity contribution in [1.82, 2.24) is 0 Å². The van der Waals surface area contributed by atoms with Crippen molar-refractivity contribution in [2.75, 3.05) is 13.2 Å². The predicted octanol–water partition coefficient (Wildman–Crippen LogP) is 8.03. The van der Waals surface area contributed by atoms with Crippen LogP contribution in [0.5, 0.6) is 0 Å². The van der Waals surface area contributed by atoms with E-state index in [1.807, 2.05) is 43.4 Å². The van der Waals surface area contributed by atoms with Crippen LogP contribution in [0.4, 0.5) is 0 Å². The van der Waals surface area contributed by atoms with Crippen molar-refractivity contribution in [3.63, 3.8) is 0 Å². The largest absolute Gasteiger partial charge is 0.472 e. The van der Waals surface area contributed by atoms with E-state index in [0.29, 0.717) is 32.1 Å². The molecule has 1 saturated carbocycles. The van der Waals surface area contributed by atoms with Gasteiger partial charge in [-0.25, -0.2) is 9.13 Å². The first kappa shape index (κ1) is 61.7. The summed E-state index contributed by atoms with van der Waals surface area (Å²) in [4.78, 5) is 54.2. The molecule has 0 aromatic heterocycles. The van der Waals surface area contributed by atoms with Gasteiger partial charge in [0.05, 0.1) is 12.7 Å². The van der Waals surface area contributed by atoms with E-state index in [9.17, 15) is 58.9 Å². The number of ether oxygens (including phenoxy) is 2. The number of phosphoric ester groups is 2. The molecule has 6 unspecified atom stereocenters. The van der Waals surface area contributed by atoms with Crippen LogP contribution in [0.1, 0.15) is 162 Å². The Morgan fingerprint density at radius 1 is 0.545 bits per heavy atom. The van der Waals surface area contributed by atoms with Crippen LogP contribution in [-0.2, 0) is 41.8 Å².